The minimum absolute atomic E-state index is 0.224. The second-order valence-electron chi connectivity index (χ2n) is 7.00. The maximum Gasteiger partial charge on any atom is 0.329 e. The highest BCUT2D eigenvalue weighted by Crippen LogP contribution is 2.14. The van der Waals surface area contributed by atoms with Crippen LogP contribution in [0.3, 0.4) is 0 Å². The fourth-order valence-electron chi connectivity index (χ4n) is 2.68. The molecule has 0 aromatic heterocycles. The lowest BCUT2D eigenvalue weighted by Crippen LogP contribution is -2.49. The molecule has 154 valence electrons. The fraction of sp³-hybridized carbons (Fsp3) is 0.318. The Hall–Kier alpha value is -3.35. The van der Waals surface area contributed by atoms with E-state index >= 15 is 0 Å². The summed E-state index contributed by atoms with van der Waals surface area (Å²) in [7, 11) is 1.62. The second kappa shape index (κ2) is 10.3. The predicted molar refractivity (Wildman–Crippen MR) is 113 cm³/mol. The van der Waals surface area contributed by atoms with Crippen molar-refractivity contribution in [2.45, 2.75) is 32.9 Å². The lowest BCUT2D eigenvalue weighted by molar-refractivity contribution is -0.156. The Morgan fingerprint density at radius 2 is 1.45 bits per heavy atom. The number of para-hydroxylation sites is 2. The highest BCUT2D eigenvalue weighted by Gasteiger charge is 2.30. The van der Waals surface area contributed by atoms with Crippen LogP contribution in [0, 0.1) is 5.92 Å². The molecule has 0 saturated carbocycles. The van der Waals surface area contributed by atoms with Gasteiger partial charge in [0.2, 0.25) is 0 Å². The smallest absolute Gasteiger partial charge is 0.329 e. The normalized spacial score (nSPS) is 12.6. The molecule has 0 unspecified atom stereocenters. The number of amides is 3. The molecule has 2 rings (SSSR count). The number of esters is 1. The van der Waals surface area contributed by atoms with Crippen LogP contribution in [-0.4, -0.2) is 37.1 Å². The molecule has 0 heterocycles. The molecular weight excluding hydrogens is 370 g/mol. The Balaban J connectivity index is 1.97. The van der Waals surface area contributed by atoms with Gasteiger partial charge < -0.3 is 20.3 Å². The first-order chi connectivity index (χ1) is 13.8. The maximum atomic E-state index is 12.6. The number of hydrogen-bond donors (Lipinski definition) is 2. The highest BCUT2D eigenvalue weighted by molar-refractivity contribution is 5.97. The first-order valence-corrected chi connectivity index (χ1v) is 9.45. The third-order valence-electron chi connectivity index (χ3n) is 4.35. The zero-order valence-corrected chi connectivity index (χ0v) is 17.1. The number of anilines is 2. The van der Waals surface area contributed by atoms with Gasteiger partial charge in [0.1, 0.15) is 6.04 Å². The van der Waals surface area contributed by atoms with Crippen LogP contribution >= 0.6 is 0 Å². The molecule has 2 aromatic carbocycles. The summed E-state index contributed by atoms with van der Waals surface area (Å²) in [5.74, 6) is -1.25. The van der Waals surface area contributed by atoms with Gasteiger partial charge in [-0.3, -0.25) is 4.79 Å². The molecule has 0 radical (unpaired) electrons. The van der Waals surface area contributed by atoms with Crippen molar-refractivity contribution in [2.75, 3.05) is 17.3 Å². The van der Waals surface area contributed by atoms with Crippen molar-refractivity contribution in [3.05, 3.63) is 60.7 Å². The number of benzene rings is 2. The van der Waals surface area contributed by atoms with E-state index in [0.29, 0.717) is 11.4 Å². The van der Waals surface area contributed by atoms with E-state index in [1.807, 2.05) is 24.3 Å². The van der Waals surface area contributed by atoms with Crippen LogP contribution in [0.5, 0.6) is 0 Å². The summed E-state index contributed by atoms with van der Waals surface area (Å²) in [5.41, 5.74) is 1.30. The van der Waals surface area contributed by atoms with Gasteiger partial charge in [0.15, 0.2) is 6.10 Å². The first-order valence-electron chi connectivity index (χ1n) is 9.45. The molecule has 3 amide bonds. The maximum absolute atomic E-state index is 12.6. The van der Waals surface area contributed by atoms with Crippen LogP contribution in [-0.2, 0) is 14.3 Å². The first kappa shape index (κ1) is 21.9. The monoisotopic (exact) mass is 397 g/mol. The SMILES string of the molecule is CC(C)[C@@H](NC(=O)Nc1ccccc1)C(=O)O[C@@H](C)C(=O)N(C)c1ccccc1. The van der Waals surface area contributed by atoms with Gasteiger partial charge in [-0.25, -0.2) is 9.59 Å². The number of nitrogens with one attached hydrogen (secondary N) is 2. The lowest BCUT2D eigenvalue weighted by Gasteiger charge is -2.25. The number of ether oxygens (including phenoxy) is 1. The summed E-state index contributed by atoms with van der Waals surface area (Å²) >= 11 is 0. The van der Waals surface area contributed by atoms with Gasteiger partial charge in [-0.15, -0.1) is 0 Å². The molecule has 0 aliphatic heterocycles. The van der Waals surface area contributed by atoms with E-state index in [-0.39, 0.29) is 11.8 Å². The van der Waals surface area contributed by atoms with E-state index < -0.39 is 24.1 Å². The Morgan fingerprint density at radius 1 is 0.897 bits per heavy atom. The number of likely N-dealkylation sites (N-methyl/N-ethyl adjacent to an activating group) is 1. The van der Waals surface area contributed by atoms with E-state index in [1.54, 1.807) is 57.3 Å². The Labute approximate surface area is 171 Å². The zero-order chi connectivity index (χ0) is 21.4. The van der Waals surface area contributed by atoms with Gasteiger partial charge in [0.25, 0.3) is 5.91 Å². The molecule has 0 fully saturated rings. The molecule has 0 spiro atoms. The average Bonchev–Trinajstić information content (AvgIpc) is 2.71. The van der Waals surface area contributed by atoms with Crippen LogP contribution in [0.25, 0.3) is 0 Å². The molecule has 0 saturated heterocycles. The van der Waals surface area contributed by atoms with Crippen molar-refractivity contribution in [2.24, 2.45) is 5.92 Å². The van der Waals surface area contributed by atoms with Crippen molar-refractivity contribution in [1.29, 1.82) is 0 Å². The standard InChI is InChI=1S/C22H27N3O4/c1-15(2)19(24-22(28)23-17-11-7-5-8-12-17)21(27)29-16(3)20(26)25(4)18-13-9-6-10-14-18/h5-16,19H,1-4H3,(H2,23,24,28)/t16-,19+/m0/s1. The molecule has 7 nitrogen and oxygen atoms in total. The van der Waals surface area contributed by atoms with Gasteiger partial charge >= 0.3 is 12.0 Å². The summed E-state index contributed by atoms with van der Waals surface area (Å²) in [6, 6.07) is 16.6. The van der Waals surface area contributed by atoms with Crippen molar-refractivity contribution >= 4 is 29.3 Å². The minimum Gasteiger partial charge on any atom is -0.451 e. The zero-order valence-electron chi connectivity index (χ0n) is 17.1. The van der Waals surface area contributed by atoms with Crippen molar-refractivity contribution < 1.29 is 19.1 Å². The Bertz CT molecular complexity index is 824. The number of hydrogen-bond acceptors (Lipinski definition) is 4. The van der Waals surface area contributed by atoms with E-state index in [1.165, 1.54) is 11.8 Å². The van der Waals surface area contributed by atoms with Gasteiger partial charge in [-0.05, 0) is 37.1 Å². The lowest BCUT2D eigenvalue weighted by atomic mass is 10.0. The average molecular weight is 397 g/mol. The van der Waals surface area contributed by atoms with E-state index in [0.717, 1.165) is 0 Å². The molecule has 7 heteroatoms. The molecule has 0 aliphatic rings. The third-order valence-corrected chi connectivity index (χ3v) is 4.35. The molecule has 29 heavy (non-hydrogen) atoms. The van der Waals surface area contributed by atoms with E-state index in [2.05, 4.69) is 10.6 Å². The number of nitrogens with zero attached hydrogens (tertiary/aromatic N) is 1. The van der Waals surface area contributed by atoms with Crippen LogP contribution in [0.2, 0.25) is 0 Å². The number of rotatable bonds is 7. The van der Waals surface area contributed by atoms with Crippen LogP contribution in [0.1, 0.15) is 20.8 Å². The van der Waals surface area contributed by atoms with Crippen molar-refractivity contribution in [3.8, 4) is 0 Å². The molecule has 0 aliphatic carbocycles. The number of carbonyl (C=O) groups excluding carboxylic acids is 3. The van der Waals surface area contributed by atoms with Crippen LogP contribution < -0.4 is 15.5 Å². The van der Waals surface area contributed by atoms with E-state index in [9.17, 15) is 14.4 Å². The van der Waals surface area contributed by atoms with E-state index in [4.69, 9.17) is 4.74 Å². The minimum atomic E-state index is -0.993. The summed E-state index contributed by atoms with van der Waals surface area (Å²) in [6.45, 7) is 5.09. The third kappa shape index (κ3) is 6.34. The van der Waals surface area contributed by atoms with Gasteiger partial charge in [-0.2, -0.15) is 0 Å². The summed E-state index contributed by atoms with van der Waals surface area (Å²) in [5, 5.41) is 5.29. The second-order valence-corrected chi connectivity index (χ2v) is 7.00. The van der Waals surface area contributed by atoms with Crippen molar-refractivity contribution in [1.82, 2.24) is 5.32 Å². The molecule has 2 aromatic rings. The van der Waals surface area contributed by atoms with Crippen molar-refractivity contribution in [3.63, 3.8) is 0 Å². The van der Waals surface area contributed by atoms with Gasteiger partial charge in [-0.1, -0.05) is 50.2 Å². The predicted octanol–water partition coefficient (Wildman–Crippen LogP) is 3.43. The molecule has 2 N–H and O–H groups in total. The molecular formula is C22H27N3O4. The molecule has 2 atom stereocenters. The molecule has 0 bridgehead atoms. The number of urea groups is 1. The van der Waals surface area contributed by atoms with Gasteiger partial charge in [0, 0.05) is 18.4 Å². The summed E-state index contributed by atoms with van der Waals surface area (Å²) < 4.78 is 5.36. The fourth-order valence-corrected chi connectivity index (χ4v) is 2.68. The Kier molecular flexibility index (Phi) is 7.77. The van der Waals surface area contributed by atoms with Crippen LogP contribution in [0.15, 0.2) is 60.7 Å². The highest BCUT2D eigenvalue weighted by atomic mass is 16.5. The Morgan fingerprint density at radius 3 is 2.00 bits per heavy atom. The number of carbonyl (C=O) groups is 3. The summed E-state index contributed by atoms with van der Waals surface area (Å²) in [4.78, 5) is 38.9. The largest absolute Gasteiger partial charge is 0.451 e. The summed E-state index contributed by atoms with van der Waals surface area (Å²) in [6.07, 6.45) is -0.993. The topological polar surface area (TPSA) is 87.7 Å². The van der Waals surface area contributed by atoms with Crippen LogP contribution in [0.4, 0.5) is 16.2 Å². The quantitative estimate of drug-likeness (QED) is 0.701. The van der Waals surface area contributed by atoms with Gasteiger partial charge in [0.05, 0.1) is 0 Å².